The Morgan fingerprint density at radius 1 is 1.04 bits per heavy atom. The Balaban J connectivity index is 0.00000134. The normalized spacial score (nSPS) is 16.3. The highest BCUT2D eigenvalue weighted by Crippen LogP contribution is 2.32. The van der Waals surface area contributed by atoms with Crippen molar-refractivity contribution in [2.45, 2.75) is 42.8 Å². The van der Waals surface area contributed by atoms with Crippen LogP contribution in [-0.2, 0) is 21.0 Å². The monoisotopic (exact) mass is 659 g/mol. The fraction of sp³-hybridized carbons (Fsp3) is 0.387. The van der Waals surface area contributed by atoms with Crippen LogP contribution in [-0.4, -0.2) is 89.0 Å². The lowest BCUT2D eigenvalue weighted by Gasteiger charge is -2.34. The first kappa shape index (κ1) is 33.3. The van der Waals surface area contributed by atoms with Crippen LogP contribution in [0.1, 0.15) is 31.2 Å². The van der Waals surface area contributed by atoms with Gasteiger partial charge in [0.2, 0.25) is 16.0 Å². The summed E-state index contributed by atoms with van der Waals surface area (Å²) in [4.78, 5) is 19.7. The first-order valence-electron chi connectivity index (χ1n) is 15.0. The lowest BCUT2D eigenvalue weighted by molar-refractivity contribution is -0.137. The molecular weight excluding hydrogens is 623 g/mol. The number of carboxylic acid groups (broad SMARTS) is 1. The third kappa shape index (κ3) is 7.84. The Labute approximate surface area is 265 Å². The molecule has 2 saturated heterocycles. The molecule has 0 radical (unpaired) electrons. The summed E-state index contributed by atoms with van der Waals surface area (Å²) < 4.78 is 70.9. The number of carbonyl (C=O) groups is 1. The van der Waals surface area contributed by atoms with E-state index in [4.69, 9.17) is 9.90 Å². The topological polar surface area (TPSA) is 133 Å². The number of piperidine rings is 1. The maximum atomic E-state index is 13.8. The van der Waals surface area contributed by atoms with Gasteiger partial charge in [0, 0.05) is 42.6 Å². The van der Waals surface area contributed by atoms with E-state index in [1.807, 2.05) is 0 Å². The van der Waals surface area contributed by atoms with Crippen LogP contribution in [0, 0.1) is 0 Å². The van der Waals surface area contributed by atoms with E-state index in [-0.39, 0.29) is 23.4 Å². The summed E-state index contributed by atoms with van der Waals surface area (Å²) in [6.45, 7) is 4.56. The van der Waals surface area contributed by atoms with E-state index in [0.717, 1.165) is 70.5 Å². The number of halogens is 3. The summed E-state index contributed by atoms with van der Waals surface area (Å²) in [5, 5.41) is 13.9. The van der Waals surface area contributed by atoms with Gasteiger partial charge in [0.05, 0.1) is 16.0 Å². The van der Waals surface area contributed by atoms with Crippen LogP contribution >= 0.6 is 0 Å². The average Bonchev–Trinajstić information content (AvgIpc) is 3.72. The molecule has 2 aromatic carbocycles. The van der Waals surface area contributed by atoms with Crippen molar-refractivity contribution in [2.75, 3.05) is 44.6 Å². The Morgan fingerprint density at radius 2 is 1.74 bits per heavy atom. The van der Waals surface area contributed by atoms with E-state index in [2.05, 4.69) is 25.5 Å². The molecule has 0 bridgehead atoms. The van der Waals surface area contributed by atoms with Gasteiger partial charge in [-0.15, -0.1) is 0 Å². The molecule has 15 heteroatoms. The number of hydrogen-bond acceptors (Lipinski definition) is 8. The minimum atomic E-state index is -4.46. The van der Waals surface area contributed by atoms with Crippen LogP contribution in [0.25, 0.3) is 16.7 Å². The number of hydrogen-bond donors (Lipinski definition) is 3. The molecule has 3 N–H and O–H groups in total. The number of sulfonamides is 1. The van der Waals surface area contributed by atoms with Crippen LogP contribution in [0.2, 0.25) is 0 Å². The summed E-state index contributed by atoms with van der Waals surface area (Å²) in [6, 6.07) is 13.4. The lowest BCUT2D eigenvalue weighted by atomic mass is 10.1. The van der Waals surface area contributed by atoms with Gasteiger partial charge in [-0.05, 0) is 100 Å². The number of likely N-dealkylation sites (tertiary alicyclic amines) is 1. The second-order valence-corrected chi connectivity index (χ2v) is 13.0. The molecule has 0 saturated carbocycles. The second kappa shape index (κ2) is 14.6. The molecule has 6 rings (SSSR count). The van der Waals surface area contributed by atoms with E-state index in [9.17, 15) is 21.6 Å². The molecule has 11 nitrogen and oxygen atoms in total. The predicted octanol–water partition coefficient (Wildman–Crippen LogP) is 4.72. The van der Waals surface area contributed by atoms with Gasteiger partial charge in [-0.25, -0.2) is 13.4 Å². The Kier molecular flexibility index (Phi) is 10.6. The Bertz CT molecular complexity index is 1720. The molecule has 46 heavy (non-hydrogen) atoms. The molecule has 0 spiro atoms. The molecule has 0 unspecified atom stereocenters. The molecule has 246 valence electrons. The molecule has 2 aromatic heterocycles. The van der Waals surface area contributed by atoms with Crippen LogP contribution in [0.5, 0.6) is 0 Å². The summed E-state index contributed by atoms with van der Waals surface area (Å²) >= 11 is 0. The zero-order chi connectivity index (χ0) is 32.7. The molecule has 2 aliphatic rings. The van der Waals surface area contributed by atoms with Crippen LogP contribution in [0.15, 0.2) is 71.9 Å². The molecular formula is C31H36F3N7O4S. The van der Waals surface area contributed by atoms with Crippen molar-refractivity contribution in [3.05, 3.63) is 72.6 Å². The Morgan fingerprint density at radius 3 is 2.41 bits per heavy atom. The van der Waals surface area contributed by atoms with Crippen molar-refractivity contribution in [3.8, 4) is 5.82 Å². The van der Waals surface area contributed by atoms with Crippen LogP contribution in [0.4, 0.5) is 24.8 Å². The minimum Gasteiger partial charge on any atom is -0.483 e. The first-order valence-corrected chi connectivity index (χ1v) is 16.5. The highest BCUT2D eigenvalue weighted by Gasteiger charge is 2.33. The van der Waals surface area contributed by atoms with Crippen molar-refractivity contribution >= 4 is 39.0 Å². The fourth-order valence-corrected chi connectivity index (χ4v) is 7.54. The molecule has 4 heterocycles. The quantitative estimate of drug-likeness (QED) is 0.218. The molecule has 2 aliphatic heterocycles. The van der Waals surface area contributed by atoms with E-state index in [1.54, 1.807) is 51.5 Å². The SMILES string of the molecule is O=CO.O=S(=O)(c1ccc(Nc2nccc(-n3ccc4ccc(C(F)(F)F)cc43)n2)cc1)N(CCN1CCCC1)C1CCNCC1. The third-order valence-electron chi connectivity index (χ3n) is 8.18. The number of alkyl halides is 3. The average molecular weight is 660 g/mol. The number of anilines is 2. The van der Waals surface area contributed by atoms with Gasteiger partial charge in [-0.2, -0.15) is 22.5 Å². The van der Waals surface area contributed by atoms with E-state index >= 15 is 0 Å². The molecule has 0 amide bonds. The van der Waals surface area contributed by atoms with Crippen LogP contribution in [0.3, 0.4) is 0 Å². The number of rotatable bonds is 9. The zero-order valence-corrected chi connectivity index (χ0v) is 25.8. The van der Waals surface area contributed by atoms with Gasteiger partial charge in [0.1, 0.15) is 5.82 Å². The van der Waals surface area contributed by atoms with Gasteiger partial charge in [0.15, 0.2) is 0 Å². The van der Waals surface area contributed by atoms with Gasteiger partial charge in [-0.1, -0.05) is 6.07 Å². The van der Waals surface area contributed by atoms with Crippen LogP contribution < -0.4 is 10.6 Å². The second-order valence-electron chi connectivity index (χ2n) is 11.1. The van der Waals surface area contributed by atoms with E-state index in [0.29, 0.717) is 29.0 Å². The minimum absolute atomic E-state index is 0.0419. The maximum Gasteiger partial charge on any atom is 0.416 e. The predicted molar refractivity (Wildman–Crippen MR) is 168 cm³/mol. The largest absolute Gasteiger partial charge is 0.483 e. The van der Waals surface area contributed by atoms with E-state index < -0.39 is 21.8 Å². The number of fused-ring (bicyclic) bond motifs is 1. The maximum absolute atomic E-state index is 13.8. The fourth-order valence-electron chi connectivity index (χ4n) is 5.86. The number of aromatic nitrogens is 3. The highest BCUT2D eigenvalue weighted by atomic mass is 32.2. The zero-order valence-electron chi connectivity index (χ0n) is 25.0. The standard InChI is InChI=1S/C30H34F3N7O2S.CH2O2/c31-30(32,33)23-4-3-22-12-18-39(27(22)21-23)28-11-15-35-29(37-28)36-24-5-7-26(8-6-24)43(41,42)40(25-9-13-34-14-10-25)20-19-38-16-1-2-17-38;2-1-3/h3-8,11-12,15,18,21,25,34H,1-2,9-10,13-14,16-17,19-20H2,(H,35,36,37);1H,(H,2,3). The smallest absolute Gasteiger partial charge is 0.416 e. The van der Waals surface area contributed by atoms with E-state index in [1.165, 1.54) is 12.3 Å². The van der Waals surface area contributed by atoms with Gasteiger partial charge in [0.25, 0.3) is 6.47 Å². The van der Waals surface area contributed by atoms with Crippen molar-refractivity contribution in [1.82, 2.24) is 29.1 Å². The van der Waals surface area contributed by atoms with Gasteiger partial charge >= 0.3 is 6.18 Å². The third-order valence-corrected chi connectivity index (χ3v) is 10.1. The molecule has 2 fully saturated rings. The number of benzene rings is 2. The van der Waals surface area contributed by atoms with Gasteiger partial charge < -0.3 is 25.2 Å². The molecule has 0 atom stereocenters. The number of nitrogens with zero attached hydrogens (tertiary/aromatic N) is 5. The molecule has 4 aromatic rings. The summed E-state index contributed by atoms with van der Waals surface area (Å²) in [7, 11) is -3.72. The van der Waals surface area contributed by atoms with Crippen molar-refractivity contribution in [3.63, 3.8) is 0 Å². The first-order chi connectivity index (χ1) is 22.1. The summed E-state index contributed by atoms with van der Waals surface area (Å²) in [6.07, 6.45) is 2.58. The van der Waals surface area contributed by atoms with Crippen molar-refractivity contribution in [1.29, 1.82) is 0 Å². The highest BCUT2D eigenvalue weighted by molar-refractivity contribution is 7.89. The summed E-state index contributed by atoms with van der Waals surface area (Å²) in [5.74, 6) is 0.616. The summed E-state index contributed by atoms with van der Waals surface area (Å²) in [5.41, 5.74) is 0.215. The Hall–Kier alpha value is -4.05. The van der Waals surface area contributed by atoms with Crippen molar-refractivity contribution in [2.24, 2.45) is 0 Å². The van der Waals surface area contributed by atoms with Crippen molar-refractivity contribution < 1.29 is 31.5 Å². The number of nitrogens with one attached hydrogen (secondary N) is 2. The lowest BCUT2D eigenvalue weighted by Crippen LogP contribution is -2.48. The molecule has 0 aliphatic carbocycles. The van der Waals surface area contributed by atoms with Gasteiger partial charge in [-0.3, -0.25) is 4.79 Å².